The lowest BCUT2D eigenvalue weighted by molar-refractivity contribution is -0.424. The van der Waals surface area contributed by atoms with E-state index in [1.54, 1.807) is 0 Å². The molecule has 0 N–H and O–H groups in total. The van der Waals surface area contributed by atoms with E-state index in [0.29, 0.717) is 6.10 Å². The van der Waals surface area contributed by atoms with Crippen LogP contribution in [0.1, 0.15) is 27.2 Å². The normalized spacial score (nSPS) is 25.1. The third kappa shape index (κ3) is 2.28. The lowest BCUT2D eigenvalue weighted by atomic mass is 10.3. The van der Waals surface area contributed by atoms with Gasteiger partial charge in [-0.05, 0) is 6.42 Å². The Morgan fingerprint density at radius 2 is 2.00 bits per heavy atom. The van der Waals surface area contributed by atoms with Gasteiger partial charge < -0.3 is 0 Å². The van der Waals surface area contributed by atoms with Gasteiger partial charge in [0.15, 0.2) is 0 Å². The smallest absolute Gasteiger partial charge is 0.119 e. The van der Waals surface area contributed by atoms with Crippen LogP contribution in [0.5, 0.6) is 0 Å². The van der Waals surface area contributed by atoms with Crippen molar-refractivity contribution >= 4 is 0 Å². The van der Waals surface area contributed by atoms with Gasteiger partial charge in [-0.1, -0.05) is 20.8 Å². The van der Waals surface area contributed by atoms with Crippen LogP contribution >= 0.6 is 0 Å². The van der Waals surface area contributed by atoms with Crippen LogP contribution < -0.4 is 0 Å². The van der Waals surface area contributed by atoms with E-state index < -0.39 is 0 Å². The van der Waals surface area contributed by atoms with Crippen molar-refractivity contribution in [2.75, 3.05) is 6.61 Å². The highest BCUT2D eigenvalue weighted by Gasteiger charge is 2.16. The first-order valence-electron chi connectivity index (χ1n) is 3.21. The topological polar surface area (TPSA) is 18.5 Å². The number of rotatable bonds is 1. The third-order valence-electron chi connectivity index (χ3n) is 0.913. The summed E-state index contributed by atoms with van der Waals surface area (Å²) in [6.07, 6.45) is 1.46. The van der Waals surface area contributed by atoms with Crippen molar-refractivity contribution in [2.24, 2.45) is 0 Å². The Hall–Kier alpha value is -0.0800. The minimum absolute atomic E-state index is 0.394. The predicted octanol–water partition coefficient (Wildman–Crippen LogP) is 1.75. The Labute approximate surface area is 50.7 Å². The fourth-order valence-electron chi connectivity index (χ4n) is 0.350. The first kappa shape index (κ1) is 7.92. The van der Waals surface area contributed by atoms with E-state index in [1.807, 2.05) is 13.8 Å². The van der Waals surface area contributed by atoms with Crippen molar-refractivity contribution in [2.45, 2.75) is 33.3 Å². The van der Waals surface area contributed by atoms with Crippen molar-refractivity contribution in [3.05, 3.63) is 0 Å². The summed E-state index contributed by atoms with van der Waals surface area (Å²) in [5.74, 6) is 0. The zero-order valence-electron chi connectivity index (χ0n) is 5.81. The lowest BCUT2D eigenvalue weighted by Crippen LogP contribution is -2.29. The summed E-state index contributed by atoms with van der Waals surface area (Å²) >= 11 is 0. The average Bonchev–Trinajstić information content (AvgIpc) is 1.69. The maximum Gasteiger partial charge on any atom is 0.119 e. The molecule has 0 radical (unpaired) electrons. The zero-order valence-corrected chi connectivity index (χ0v) is 5.81. The van der Waals surface area contributed by atoms with Crippen molar-refractivity contribution in [1.29, 1.82) is 0 Å². The van der Waals surface area contributed by atoms with E-state index >= 15 is 0 Å². The SMILES string of the molecule is CC.CCC1COO1. The van der Waals surface area contributed by atoms with Crippen molar-refractivity contribution < 1.29 is 9.78 Å². The molecule has 2 heteroatoms. The van der Waals surface area contributed by atoms with Gasteiger partial charge >= 0.3 is 0 Å². The molecule has 0 aromatic rings. The Morgan fingerprint density at radius 3 is 2.00 bits per heavy atom. The molecule has 1 fully saturated rings. The Bertz CT molecular complexity index is 39.0. The molecular weight excluding hydrogens is 104 g/mol. The van der Waals surface area contributed by atoms with Gasteiger partial charge in [-0.15, -0.1) is 0 Å². The van der Waals surface area contributed by atoms with Crippen LogP contribution in [-0.2, 0) is 9.78 Å². The van der Waals surface area contributed by atoms with Crippen LogP contribution in [0.4, 0.5) is 0 Å². The summed E-state index contributed by atoms with van der Waals surface area (Å²) in [6.45, 7) is 6.86. The summed E-state index contributed by atoms with van der Waals surface area (Å²) < 4.78 is 0. The van der Waals surface area contributed by atoms with Crippen molar-refractivity contribution in [3.8, 4) is 0 Å². The Kier molecular flexibility index (Phi) is 5.01. The van der Waals surface area contributed by atoms with Gasteiger partial charge in [0.1, 0.15) is 12.7 Å². The molecule has 0 aliphatic carbocycles. The second kappa shape index (κ2) is 5.06. The van der Waals surface area contributed by atoms with Crippen LogP contribution in [0.15, 0.2) is 0 Å². The van der Waals surface area contributed by atoms with Gasteiger partial charge in [-0.2, -0.15) is 0 Å². The molecule has 1 heterocycles. The minimum Gasteiger partial charge on any atom is -0.233 e. The fraction of sp³-hybridized carbons (Fsp3) is 1.00. The third-order valence-corrected chi connectivity index (χ3v) is 0.913. The molecule has 50 valence electrons. The Morgan fingerprint density at radius 1 is 1.50 bits per heavy atom. The molecule has 8 heavy (non-hydrogen) atoms. The molecule has 1 unspecified atom stereocenters. The largest absolute Gasteiger partial charge is 0.233 e. The van der Waals surface area contributed by atoms with Crippen molar-refractivity contribution in [1.82, 2.24) is 0 Å². The van der Waals surface area contributed by atoms with E-state index in [9.17, 15) is 0 Å². The fourth-order valence-corrected chi connectivity index (χ4v) is 0.350. The molecule has 0 spiro atoms. The van der Waals surface area contributed by atoms with E-state index in [0.717, 1.165) is 13.0 Å². The van der Waals surface area contributed by atoms with Crippen LogP contribution in [0, 0.1) is 0 Å². The first-order chi connectivity index (χ1) is 3.93. The molecule has 2 nitrogen and oxygen atoms in total. The molecule has 0 amide bonds. The van der Waals surface area contributed by atoms with E-state index in [1.165, 1.54) is 0 Å². The van der Waals surface area contributed by atoms with Gasteiger partial charge in [-0.25, -0.2) is 9.78 Å². The molecule has 0 saturated carbocycles. The zero-order chi connectivity index (χ0) is 6.41. The molecular formula is C6H14O2. The highest BCUT2D eigenvalue weighted by atomic mass is 17.2. The highest BCUT2D eigenvalue weighted by Crippen LogP contribution is 2.08. The van der Waals surface area contributed by atoms with Gasteiger partial charge in [0, 0.05) is 0 Å². The second-order valence-electron chi connectivity index (χ2n) is 1.41. The van der Waals surface area contributed by atoms with E-state index in [2.05, 4.69) is 16.7 Å². The molecule has 1 saturated heterocycles. The maximum absolute atomic E-state index is 4.58. The summed E-state index contributed by atoms with van der Waals surface area (Å²) in [5, 5.41) is 0. The molecule has 1 aliphatic rings. The predicted molar refractivity (Wildman–Crippen MR) is 32.5 cm³/mol. The maximum atomic E-state index is 4.58. The van der Waals surface area contributed by atoms with Gasteiger partial charge in [0.2, 0.25) is 0 Å². The van der Waals surface area contributed by atoms with Crippen LogP contribution in [-0.4, -0.2) is 12.7 Å². The highest BCUT2D eigenvalue weighted by molar-refractivity contribution is 4.53. The molecule has 1 aliphatic heterocycles. The standard InChI is InChI=1S/C4H8O2.C2H6/c1-2-4-3-5-6-4;1-2/h4H,2-3H2,1H3;1-2H3. The second-order valence-corrected chi connectivity index (χ2v) is 1.41. The van der Waals surface area contributed by atoms with Gasteiger partial charge in [0.25, 0.3) is 0 Å². The summed E-state index contributed by atoms with van der Waals surface area (Å²) in [5.41, 5.74) is 0. The van der Waals surface area contributed by atoms with Gasteiger partial charge in [-0.3, -0.25) is 0 Å². The lowest BCUT2D eigenvalue weighted by Gasteiger charge is -2.22. The molecule has 0 aromatic heterocycles. The minimum atomic E-state index is 0.394. The first-order valence-corrected chi connectivity index (χ1v) is 3.21. The van der Waals surface area contributed by atoms with Crippen LogP contribution in [0.3, 0.4) is 0 Å². The summed E-state index contributed by atoms with van der Waals surface area (Å²) in [7, 11) is 0. The quantitative estimate of drug-likeness (QED) is 0.488. The van der Waals surface area contributed by atoms with E-state index in [4.69, 9.17) is 0 Å². The van der Waals surface area contributed by atoms with Gasteiger partial charge in [0.05, 0.1) is 0 Å². The average molecular weight is 118 g/mol. The Balaban J connectivity index is 0.000000222. The molecule has 0 aromatic carbocycles. The van der Waals surface area contributed by atoms with Crippen molar-refractivity contribution in [3.63, 3.8) is 0 Å². The monoisotopic (exact) mass is 118 g/mol. The summed E-state index contributed by atoms with van der Waals surface area (Å²) in [6, 6.07) is 0. The molecule has 1 rings (SSSR count). The molecule has 0 bridgehead atoms. The van der Waals surface area contributed by atoms with Crippen LogP contribution in [0.2, 0.25) is 0 Å². The number of hydrogen-bond acceptors (Lipinski definition) is 2. The van der Waals surface area contributed by atoms with Crippen LogP contribution in [0.25, 0.3) is 0 Å². The molecule has 1 atom stereocenters. The number of hydrogen-bond donors (Lipinski definition) is 0. The van der Waals surface area contributed by atoms with E-state index in [-0.39, 0.29) is 0 Å². The summed E-state index contributed by atoms with van der Waals surface area (Å²) in [4.78, 5) is 9.01.